The molecule has 0 aliphatic rings. The Balaban J connectivity index is 3.08. The van der Waals surface area contributed by atoms with Crippen molar-refractivity contribution in [2.24, 2.45) is 5.73 Å². The third-order valence-corrected chi connectivity index (χ3v) is 2.84. The van der Waals surface area contributed by atoms with Crippen LogP contribution in [-0.4, -0.2) is 12.9 Å². The molecule has 0 fully saturated rings. The Labute approximate surface area is 105 Å². The highest BCUT2D eigenvalue weighted by Crippen LogP contribution is 2.32. The molecular weight excluding hydrogens is 243 g/mol. The van der Waals surface area contributed by atoms with Crippen LogP contribution in [0.25, 0.3) is 0 Å². The highest BCUT2D eigenvalue weighted by atomic mass is 19.4. The van der Waals surface area contributed by atoms with Crippen LogP contribution in [0.5, 0.6) is 5.75 Å². The van der Waals surface area contributed by atoms with E-state index in [0.717, 1.165) is 11.1 Å². The highest BCUT2D eigenvalue weighted by molar-refractivity contribution is 5.37. The van der Waals surface area contributed by atoms with Crippen molar-refractivity contribution in [3.05, 3.63) is 29.3 Å². The first kappa shape index (κ1) is 14.8. The maximum absolute atomic E-state index is 12.2. The van der Waals surface area contributed by atoms with Crippen LogP contribution < -0.4 is 10.5 Å². The zero-order valence-electron chi connectivity index (χ0n) is 10.8. The molecule has 5 heteroatoms. The molecule has 0 radical (unpaired) electrons. The molecule has 1 aromatic carbocycles. The molecule has 2 N–H and O–H groups in total. The van der Waals surface area contributed by atoms with Crippen LogP contribution in [0.2, 0.25) is 0 Å². The highest BCUT2D eigenvalue weighted by Gasteiger charge is 2.32. The van der Waals surface area contributed by atoms with E-state index in [-0.39, 0.29) is 11.2 Å². The van der Waals surface area contributed by atoms with Gasteiger partial charge in [-0.05, 0) is 48.6 Å². The second-order valence-corrected chi connectivity index (χ2v) is 5.01. The number of hydrogen-bond donors (Lipinski definition) is 1. The number of rotatable bonds is 4. The average Bonchev–Trinajstić information content (AvgIpc) is 2.13. The summed E-state index contributed by atoms with van der Waals surface area (Å²) in [5.41, 5.74) is 6.78. The maximum Gasteiger partial charge on any atom is 0.573 e. The Hall–Kier alpha value is -1.23. The van der Waals surface area contributed by atoms with Crippen LogP contribution in [-0.2, 0) is 5.41 Å². The molecular formula is C13H18F3NO. The minimum atomic E-state index is -4.66. The Morgan fingerprint density at radius 1 is 1.17 bits per heavy atom. The van der Waals surface area contributed by atoms with Gasteiger partial charge in [0.05, 0.1) is 0 Å². The number of aryl methyl sites for hydroxylation is 1. The predicted molar refractivity (Wildman–Crippen MR) is 64.6 cm³/mol. The van der Waals surface area contributed by atoms with E-state index in [9.17, 15) is 13.2 Å². The van der Waals surface area contributed by atoms with Crippen LogP contribution >= 0.6 is 0 Å². The molecule has 1 rings (SSSR count). The van der Waals surface area contributed by atoms with Crippen molar-refractivity contribution in [3.63, 3.8) is 0 Å². The summed E-state index contributed by atoms with van der Waals surface area (Å²) >= 11 is 0. The van der Waals surface area contributed by atoms with Gasteiger partial charge in [-0.15, -0.1) is 13.2 Å². The summed E-state index contributed by atoms with van der Waals surface area (Å²) in [6.45, 7) is 6.12. The molecule has 0 atom stereocenters. The fraction of sp³-hybridized carbons (Fsp3) is 0.538. The number of hydrogen-bond acceptors (Lipinski definition) is 2. The van der Waals surface area contributed by atoms with E-state index >= 15 is 0 Å². The van der Waals surface area contributed by atoms with E-state index in [2.05, 4.69) is 4.74 Å². The zero-order chi connectivity index (χ0) is 14.0. The molecule has 0 amide bonds. The van der Waals surface area contributed by atoms with Crippen molar-refractivity contribution in [2.45, 2.75) is 39.0 Å². The fourth-order valence-corrected chi connectivity index (χ4v) is 1.84. The van der Waals surface area contributed by atoms with E-state index < -0.39 is 6.36 Å². The largest absolute Gasteiger partial charge is 0.573 e. The number of benzene rings is 1. The molecule has 0 heterocycles. The van der Waals surface area contributed by atoms with Gasteiger partial charge in [-0.3, -0.25) is 0 Å². The van der Waals surface area contributed by atoms with E-state index in [1.54, 1.807) is 6.92 Å². The van der Waals surface area contributed by atoms with Gasteiger partial charge in [0, 0.05) is 0 Å². The molecule has 0 aromatic heterocycles. The Kier molecular flexibility index (Phi) is 4.27. The van der Waals surface area contributed by atoms with Crippen LogP contribution in [0.3, 0.4) is 0 Å². The molecule has 0 bridgehead atoms. The van der Waals surface area contributed by atoms with Crippen LogP contribution in [0.1, 0.15) is 31.4 Å². The molecule has 18 heavy (non-hydrogen) atoms. The minimum Gasteiger partial charge on any atom is -0.406 e. The van der Waals surface area contributed by atoms with Crippen LogP contribution in [0.15, 0.2) is 18.2 Å². The molecule has 1 aromatic rings. The van der Waals surface area contributed by atoms with Crippen molar-refractivity contribution in [3.8, 4) is 5.75 Å². The third kappa shape index (κ3) is 4.22. The quantitative estimate of drug-likeness (QED) is 0.900. The van der Waals surface area contributed by atoms with Crippen molar-refractivity contribution >= 4 is 0 Å². The minimum absolute atomic E-state index is 0.178. The predicted octanol–water partition coefficient (Wildman–Crippen LogP) is 3.52. The SMILES string of the molecule is Cc1cc(OC(F)(F)F)cc(C(C)(C)CCN)c1. The molecule has 102 valence electrons. The lowest BCUT2D eigenvalue weighted by Crippen LogP contribution is -2.22. The first-order valence-corrected chi connectivity index (χ1v) is 5.72. The normalized spacial score (nSPS) is 12.6. The lowest BCUT2D eigenvalue weighted by Gasteiger charge is -2.25. The Bertz CT molecular complexity index is 413. The first-order chi connectivity index (χ1) is 8.14. The van der Waals surface area contributed by atoms with Gasteiger partial charge in [-0.1, -0.05) is 19.9 Å². The lowest BCUT2D eigenvalue weighted by atomic mass is 9.81. The summed E-state index contributed by atoms with van der Waals surface area (Å²) in [7, 11) is 0. The molecule has 0 saturated carbocycles. The van der Waals surface area contributed by atoms with E-state index in [1.807, 2.05) is 19.9 Å². The molecule has 0 aliphatic carbocycles. The standard InChI is InChI=1S/C13H18F3NO/c1-9-6-10(12(2,3)4-5-17)8-11(7-9)18-13(14,15)16/h6-8H,4-5,17H2,1-3H3. The average molecular weight is 261 g/mol. The summed E-state index contributed by atoms with van der Waals surface area (Å²) in [6, 6.07) is 4.66. The monoisotopic (exact) mass is 261 g/mol. The van der Waals surface area contributed by atoms with Crippen molar-refractivity contribution in [1.29, 1.82) is 0 Å². The molecule has 0 saturated heterocycles. The summed E-state index contributed by atoms with van der Waals surface area (Å²) in [5.74, 6) is -0.178. The summed E-state index contributed by atoms with van der Waals surface area (Å²) in [6.07, 6.45) is -3.97. The number of alkyl halides is 3. The van der Waals surface area contributed by atoms with E-state index in [4.69, 9.17) is 5.73 Å². The van der Waals surface area contributed by atoms with E-state index in [0.29, 0.717) is 13.0 Å². The second-order valence-electron chi connectivity index (χ2n) is 5.01. The van der Waals surface area contributed by atoms with Crippen molar-refractivity contribution in [2.75, 3.05) is 6.54 Å². The first-order valence-electron chi connectivity index (χ1n) is 5.72. The van der Waals surface area contributed by atoms with Gasteiger partial charge in [0.25, 0.3) is 0 Å². The van der Waals surface area contributed by atoms with Gasteiger partial charge < -0.3 is 10.5 Å². The number of ether oxygens (including phenoxy) is 1. The van der Waals surface area contributed by atoms with Gasteiger partial charge >= 0.3 is 6.36 Å². The third-order valence-electron chi connectivity index (χ3n) is 2.84. The Morgan fingerprint density at radius 2 is 1.78 bits per heavy atom. The van der Waals surface area contributed by atoms with Gasteiger partial charge in [-0.2, -0.15) is 0 Å². The molecule has 0 spiro atoms. The van der Waals surface area contributed by atoms with Crippen molar-refractivity contribution in [1.82, 2.24) is 0 Å². The van der Waals surface area contributed by atoms with Gasteiger partial charge in [0.15, 0.2) is 0 Å². The molecule has 0 unspecified atom stereocenters. The lowest BCUT2D eigenvalue weighted by molar-refractivity contribution is -0.274. The smallest absolute Gasteiger partial charge is 0.406 e. The van der Waals surface area contributed by atoms with Crippen LogP contribution in [0, 0.1) is 6.92 Å². The van der Waals surface area contributed by atoms with Crippen molar-refractivity contribution < 1.29 is 17.9 Å². The van der Waals surface area contributed by atoms with E-state index in [1.165, 1.54) is 12.1 Å². The zero-order valence-corrected chi connectivity index (χ0v) is 10.8. The number of halogens is 3. The Morgan fingerprint density at radius 3 is 2.28 bits per heavy atom. The number of nitrogens with two attached hydrogens (primary N) is 1. The van der Waals surface area contributed by atoms with Gasteiger partial charge in [-0.25, -0.2) is 0 Å². The fourth-order valence-electron chi connectivity index (χ4n) is 1.84. The summed E-state index contributed by atoms with van der Waals surface area (Å²) < 4.78 is 40.6. The maximum atomic E-state index is 12.2. The summed E-state index contributed by atoms with van der Waals surface area (Å²) in [5, 5.41) is 0. The topological polar surface area (TPSA) is 35.2 Å². The molecule has 0 aliphatic heterocycles. The van der Waals surface area contributed by atoms with Crippen LogP contribution in [0.4, 0.5) is 13.2 Å². The second kappa shape index (κ2) is 5.18. The van der Waals surface area contributed by atoms with Gasteiger partial charge in [0.2, 0.25) is 0 Å². The summed E-state index contributed by atoms with van der Waals surface area (Å²) in [4.78, 5) is 0. The van der Waals surface area contributed by atoms with Gasteiger partial charge in [0.1, 0.15) is 5.75 Å². The molecule has 2 nitrogen and oxygen atoms in total.